The predicted octanol–water partition coefficient (Wildman–Crippen LogP) is 4.07. The van der Waals surface area contributed by atoms with Crippen LogP contribution < -0.4 is 4.74 Å². The van der Waals surface area contributed by atoms with Crippen molar-refractivity contribution >= 4 is 23.4 Å². The molecule has 2 aromatic carbocycles. The second-order valence-corrected chi connectivity index (χ2v) is 4.89. The summed E-state index contributed by atoms with van der Waals surface area (Å²) < 4.78 is 5.27. The van der Waals surface area contributed by atoms with E-state index in [-0.39, 0.29) is 17.1 Å². The summed E-state index contributed by atoms with van der Waals surface area (Å²) in [6.45, 7) is 3.33. The number of ketones is 1. The molecule has 0 atom stereocenters. The van der Waals surface area contributed by atoms with Gasteiger partial charge in [0.15, 0.2) is 5.78 Å². The molecule has 102 valence electrons. The Morgan fingerprint density at radius 2 is 1.70 bits per heavy atom. The van der Waals surface area contributed by atoms with E-state index < -0.39 is 5.97 Å². The minimum atomic E-state index is -0.505. The molecule has 0 amide bonds. The molecule has 0 fully saturated rings. The Morgan fingerprint density at radius 3 is 2.30 bits per heavy atom. The van der Waals surface area contributed by atoms with E-state index in [2.05, 4.69) is 0 Å². The Morgan fingerprint density at radius 1 is 1.05 bits per heavy atom. The summed E-state index contributed by atoms with van der Waals surface area (Å²) in [5.41, 5.74) is 1.77. The number of halogens is 1. The van der Waals surface area contributed by atoms with E-state index in [1.54, 1.807) is 18.2 Å². The van der Waals surface area contributed by atoms with Crippen LogP contribution in [0.3, 0.4) is 0 Å². The number of esters is 1. The van der Waals surface area contributed by atoms with Gasteiger partial charge in [-0.1, -0.05) is 29.3 Å². The van der Waals surface area contributed by atoms with Gasteiger partial charge in [0.1, 0.15) is 5.75 Å². The third kappa shape index (κ3) is 3.25. The van der Waals surface area contributed by atoms with Gasteiger partial charge in [-0.05, 0) is 44.2 Å². The molecule has 2 rings (SSSR count). The van der Waals surface area contributed by atoms with Crippen LogP contribution in [0, 0.1) is 6.92 Å². The first-order valence-electron chi connectivity index (χ1n) is 6.06. The maximum atomic E-state index is 12.0. The highest BCUT2D eigenvalue weighted by molar-refractivity contribution is 6.31. The van der Waals surface area contributed by atoms with Gasteiger partial charge in [-0.2, -0.15) is 0 Å². The van der Waals surface area contributed by atoms with Crippen LogP contribution in [-0.2, 0) is 0 Å². The first-order valence-corrected chi connectivity index (χ1v) is 6.44. The Bertz CT molecular complexity index is 660. The van der Waals surface area contributed by atoms with Crippen molar-refractivity contribution in [3.8, 4) is 5.75 Å². The minimum Gasteiger partial charge on any atom is -0.422 e. The first-order chi connectivity index (χ1) is 9.47. The first kappa shape index (κ1) is 14.3. The Kier molecular flexibility index (Phi) is 4.20. The molecule has 4 heteroatoms. The zero-order valence-corrected chi connectivity index (χ0v) is 11.9. The second-order valence-electron chi connectivity index (χ2n) is 4.45. The van der Waals surface area contributed by atoms with Crippen LogP contribution in [0.5, 0.6) is 5.75 Å². The molecule has 0 radical (unpaired) electrons. The van der Waals surface area contributed by atoms with Crippen LogP contribution in [0.1, 0.15) is 33.2 Å². The molecule has 0 saturated carbocycles. The lowest BCUT2D eigenvalue weighted by Crippen LogP contribution is -2.10. The van der Waals surface area contributed by atoms with Crippen molar-refractivity contribution in [2.75, 3.05) is 0 Å². The third-order valence-corrected chi connectivity index (χ3v) is 3.05. The fourth-order valence-electron chi connectivity index (χ4n) is 1.71. The van der Waals surface area contributed by atoms with Crippen LogP contribution in [0.25, 0.3) is 0 Å². The second kappa shape index (κ2) is 5.88. The highest BCUT2D eigenvalue weighted by atomic mass is 35.5. The SMILES string of the molecule is CC(=O)c1cc(Cl)ccc1OC(=O)c1ccc(C)cc1. The molecule has 20 heavy (non-hydrogen) atoms. The molecule has 0 spiro atoms. The fraction of sp³-hybridized carbons (Fsp3) is 0.125. The van der Waals surface area contributed by atoms with E-state index in [0.29, 0.717) is 10.6 Å². The highest BCUT2D eigenvalue weighted by Gasteiger charge is 2.14. The standard InChI is InChI=1S/C16H13ClO3/c1-10-3-5-12(6-4-10)16(19)20-15-8-7-13(17)9-14(15)11(2)18/h3-9H,1-2H3. The summed E-state index contributed by atoms with van der Waals surface area (Å²) in [5, 5.41) is 0.422. The van der Waals surface area contributed by atoms with E-state index in [1.165, 1.54) is 19.1 Å². The van der Waals surface area contributed by atoms with Crippen molar-refractivity contribution in [3.05, 3.63) is 64.2 Å². The number of carbonyl (C=O) groups is 2. The molecular weight excluding hydrogens is 276 g/mol. The number of ether oxygens (including phenoxy) is 1. The average molecular weight is 289 g/mol. The monoisotopic (exact) mass is 288 g/mol. The smallest absolute Gasteiger partial charge is 0.343 e. The molecule has 2 aromatic rings. The lowest BCUT2D eigenvalue weighted by molar-refractivity contribution is 0.0733. The molecule has 0 unspecified atom stereocenters. The number of hydrogen-bond donors (Lipinski definition) is 0. The van der Waals surface area contributed by atoms with Crippen LogP contribution in [0.2, 0.25) is 5.02 Å². The van der Waals surface area contributed by atoms with Crippen molar-refractivity contribution in [3.63, 3.8) is 0 Å². The zero-order valence-electron chi connectivity index (χ0n) is 11.1. The lowest BCUT2D eigenvalue weighted by atomic mass is 10.1. The number of hydrogen-bond acceptors (Lipinski definition) is 3. The number of Topliss-reactive ketones (excluding diaryl/α,β-unsaturated/α-hetero) is 1. The Hall–Kier alpha value is -2.13. The Balaban J connectivity index is 2.28. The molecule has 0 aliphatic rings. The number of aryl methyl sites for hydroxylation is 1. The van der Waals surface area contributed by atoms with Gasteiger partial charge in [0.25, 0.3) is 0 Å². The maximum absolute atomic E-state index is 12.0. The number of rotatable bonds is 3. The summed E-state index contributed by atoms with van der Waals surface area (Å²) >= 11 is 5.84. The summed E-state index contributed by atoms with van der Waals surface area (Å²) in [6, 6.07) is 11.6. The fourth-order valence-corrected chi connectivity index (χ4v) is 1.89. The minimum absolute atomic E-state index is 0.209. The van der Waals surface area contributed by atoms with Crippen LogP contribution >= 0.6 is 11.6 Å². The molecule has 0 aromatic heterocycles. The van der Waals surface area contributed by atoms with Gasteiger partial charge in [0.2, 0.25) is 0 Å². The van der Waals surface area contributed by atoms with E-state index in [1.807, 2.05) is 19.1 Å². The van der Waals surface area contributed by atoms with Gasteiger partial charge in [0.05, 0.1) is 11.1 Å². The molecule has 3 nitrogen and oxygen atoms in total. The number of carbonyl (C=O) groups excluding carboxylic acids is 2. The largest absolute Gasteiger partial charge is 0.422 e. The maximum Gasteiger partial charge on any atom is 0.343 e. The van der Waals surface area contributed by atoms with Crippen LogP contribution in [-0.4, -0.2) is 11.8 Å². The van der Waals surface area contributed by atoms with Crippen LogP contribution in [0.4, 0.5) is 0 Å². The molecule has 0 N–H and O–H groups in total. The topological polar surface area (TPSA) is 43.4 Å². The van der Waals surface area contributed by atoms with Crippen LogP contribution in [0.15, 0.2) is 42.5 Å². The van der Waals surface area contributed by atoms with Gasteiger partial charge in [-0.15, -0.1) is 0 Å². The van der Waals surface area contributed by atoms with Crippen molar-refractivity contribution in [2.24, 2.45) is 0 Å². The summed E-state index contributed by atoms with van der Waals surface area (Å²) in [5.74, 6) is -0.499. The average Bonchev–Trinajstić information content (AvgIpc) is 2.41. The molecule has 0 aliphatic carbocycles. The third-order valence-electron chi connectivity index (χ3n) is 2.81. The molecule has 0 aliphatic heterocycles. The van der Waals surface area contributed by atoms with E-state index in [4.69, 9.17) is 16.3 Å². The molecular formula is C16H13ClO3. The van der Waals surface area contributed by atoms with Gasteiger partial charge in [-0.3, -0.25) is 4.79 Å². The van der Waals surface area contributed by atoms with Crippen molar-refractivity contribution in [1.29, 1.82) is 0 Å². The van der Waals surface area contributed by atoms with Crippen molar-refractivity contribution in [1.82, 2.24) is 0 Å². The summed E-state index contributed by atoms with van der Waals surface area (Å²) in [4.78, 5) is 23.5. The molecule has 0 bridgehead atoms. The quantitative estimate of drug-likeness (QED) is 0.486. The molecule has 0 saturated heterocycles. The van der Waals surface area contributed by atoms with E-state index in [9.17, 15) is 9.59 Å². The normalized spacial score (nSPS) is 10.2. The number of benzene rings is 2. The van der Waals surface area contributed by atoms with Gasteiger partial charge >= 0.3 is 5.97 Å². The zero-order chi connectivity index (χ0) is 14.7. The van der Waals surface area contributed by atoms with Gasteiger partial charge < -0.3 is 4.74 Å². The van der Waals surface area contributed by atoms with Crippen molar-refractivity contribution in [2.45, 2.75) is 13.8 Å². The predicted molar refractivity (Wildman–Crippen MR) is 77.6 cm³/mol. The molecule has 0 heterocycles. The van der Waals surface area contributed by atoms with E-state index >= 15 is 0 Å². The summed E-state index contributed by atoms with van der Waals surface area (Å²) in [6.07, 6.45) is 0. The van der Waals surface area contributed by atoms with E-state index in [0.717, 1.165) is 5.56 Å². The lowest BCUT2D eigenvalue weighted by Gasteiger charge is -2.08. The summed E-state index contributed by atoms with van der Waals surface area (Å²) in [7, 11) is 0. The van der Waals surface area contributed by atoms with Crippen molar-refractivity contribution < 1.29 is 14.3 Å². The Labute approximate surface area is 122 Å². The van der Waals surface area contributed by atoms with Gasteiger partial charge in [0, 0.05) is 5.02 Å². The highest BCUT2D eigenvalue weighted by Crippen LogP contribution is 2.24. The van der Waals surface area contributed by atoms with Gasteiger partial charge in [-0.25, -0.2) is 4.79 Å².